The normalized spacial score (nSPS) is 14.6. The van der Waals surface area contributed by atoms with Crippen LogP contribution in [0, 0.1) is 47.3 Å². The summed E-state index contributed by atoms with van der Waals surface area (Å²) in [5.74, 6) is -4.82. The Balaban J connectivity index is -0.000000520. The first kappa shape index (κ1) is 127. The maximum absolute atomic E-state index is 13.5. The first-order chi connectivity index (χ1) is 58.2. The van der Waals surface area contributed by atoms with Gasteiger partial charge in [-0.3, -0.25) is 58.1 Å². The minimum absolute atomic E-state index is 0.00840. The molecule has 127 heavy (non-hydrogen) atoms. The second kappa shape index (κ2) is 65.8. The van der Waals surface area contributed by atoms with Gasteiger partial charge in [0.1, 0.15) is 65.1 Å². The number of aliphatic carboxylic acids is 2. The van der Waals surface area contributed by atoms with Crippen LogP contribution >= 0.6 is 0 Å². The molecule has 0 aromatic rings. The van der Waals surface area contributed by atoms with Crippen molar-refractivity contribution in [2.45, 2.75) is 396 Å². The van der Waals surface area contributed by atoms with Crippen LogP contribution in [0.5, 0.6) is 0 Å². The van der Waals surface area contributed by atoms with Gasteiger partial charge in [-0.2, -0.15) is 0 Å². The van der Waals surface area contributed by atoms with E-state index in [2.05, 4.69) is 98.9 Å². The molecule has 0 rings (SSSR count). The molecule has 0 bridgehead atoms. The van der Waals surface area contributed by atoms with E-state index in [-0.39, 0.29) is 120 Å². The van der Waals surface area contributed by atoms with Crippen LogP contribution in [0.25, 0.3) is 0 Å². The van der Waals surface area contributed by atoms with Crippen LogP contribution in [0.3, 0.4) is 0 Å². The molecule has 0 spiro atoms. The Morgan fingerprint density at radius 2 is 0.654 bits per heavy atom. The summed E-state index contributed by atoms with van der Waals surface area (Å²) in [6.45, 7) is 70.1. The first-order valence-electron chi connectivity index (χ1n) is 45.4. The fourth-order valence-electron chi connectivity index (χ4n) is 11.3. The molecule has 0 fully saturated rings. The van der Waals surface area contributed by atoms with Crippen molar-refractivity contribution in [2.24, 2.45) is 47.3 Å². The molecule has 0 aromatic heterocycles. The molecule has 0 radical (unpaired) electrons. The summed E-state index contributed by atoms with van der Waals surface area (Å²) in [4.78, 5) is 181. The lowest BCUT2D eigenvalue weighted by molar-refractivity contribution is -0.141. The zero-order chi connectivity index (χ0) is 100.0. The van der Waals surface area contributed by atoms with Gasteiger partial charge in [0, 0.05) is 64.2 Å². The molecule has 13 amide bonds. The average molecular weight is 1820 g/mol. The summed E-state index contributed by atoms with van der Waals surface area (Å²) in [6, 6.07) is -7.00. The first-order valence-corrected chi connectivity index (χ1v) is 45.4. The van der Waals surface area contributed by atoms with Gasteiger partial charge in [0.15, 0.2) is 0 Å². The highest BCUT2D eigenvalue weighted by Gasteiger charge is 2.35. The molecule has 0 unspecified atom stereocenters. The van der Waals surface area contributed by atoms with Crippen LogP contribution in [0.15, 0.2) is 0 Å². The van der Waals surface area contributed by atoms with E-state index in [1.165, 1.54) is 6.92 Å². The van der Waals surface area contributed by atoms with Gasteiger partial charge in [-0.1, -0.05) is 131 Å². The smallest absolute Gasteiger partial charge is 0.408 e. The number of carbonyl (C=O) groups excluding carboxylic acids is 13. The van der Waals surface area contributed by atoms with Crippen molar-refractivity contribution in [2.75, 3.05) is 46.0 Å². The van der Waals surface area contributed by atoms with Gasteiger partial charge in [0.05, 0.1) is 24.4 Å². The van der Waals surface area contributed by atoms with Gasteiger partial charge in [-0.05, 0) is 205 Å². The molecule has 37 nitrogen and oxygen atoms in total. The maximum atomic E-state index is 13.5. The standard InChI is InChI=1S/C32H60N6O7.C21H44N4O3.C15H29N3O4.C12H24N2O3.C10H19NO4/c1-10-14-24(36-32(45)28(21(8)11-2)37-25(39)15-13-16-26(40)41)30(43)35-23(17-19(4)5)18-34-22(9)29(42)38-27(20(6)7)31(44)33-12-3;1-10-22-20(27)18(15(4)5)25-19(26)16(6)23-12-17(11-14(2)3)24-13-28-21(7,8)9;1-8-16-13(20)11(9(2)3)18-12(19)10(4)17-14(21)22-15(5,6)7;1-7-13-10(15)9(8(2)3)14-11(16)17-12(4,5)6;1-6(2)7(8(12)13)11-9(14)15-10(3,4)5/h19-24,27-28,34H,10-18H2,1-9H3,(H,33,44)(H,35,43)(H,36,45)(H,37,39)(H,38,42)(H,40,41);14-18,23-24H,10-13H2,1-9H3,(H,22,27)(H,25,26);9-11H,8H2,1-7H3,(H,16,20)(H,17,21)(H,18,19);8-9H,7H2,1-6H3,(H,13,15)(H,14,16);6-7H,1-5H3,(H,11,14)(H,12,13)/t21-,22-,23-,24-,27-,28-;16-,17-,18-;10-,11-;9-;7-/m00000/s1. The number of likely N-dealkylation sites (N-methyl/N-ethyl adjacent to an activating group) is 4. The van der Waals surface area contributed by atoms with Crippen LogP contribution < -0.4 is 85.1 Å². The predicted octanol–water partition coefficient (Wildman–Crippen LogP) is 8.33. The number of rotatable bonds is 49. The monoisotopic (exact) mass is 1820 g/mol. The Bertz CT molecular complexity index is 3260. The van der Waals surface area contributed by atoms with Gasteiger partial charge in [-0.15, -0.1) is 0 Å². The van der Waals surface area contributed by atoms with Crippen LogP contribution in [-0.4, -0.2) is 240 Å². The van der Waals surface area contributed by atoms with Crippen LogP contribution in [0.2, 0.25) is 0 Å². The summed E-state index contributed by atoms with van der Waals surface area (Å²) in [5.41, 5.74) is -2.01. The number of carboxylic acid groups (broad SMARTS) is 2. The molecule has 0 aliphatic carbocycles. The number of ether oxygens (including phenoxy) is 4. The second-order valence-electron chi connectivity index (χ2n) is 38.3. The van der Waals surface area contributed by atoms with Gasteiger partial charge in [0.25, 0.3) is 0 Å². The van der Waals surface area contributed by atoms with Crippen LogP contribution in [-0.2, 0) is 76.5 Å². The molecule has 0 heterocycles. The Kier molecular flexibility index (Phi) is 65.7. The number of hydrogen-bond acceptors (Lipinski definition) is 22. The average Bonchev–Trinajstić information content (AvgIpc) is 0.845. The van der Waals surface area contributed by atoms with Crippen molar-refractivity contribution in [3.63, 3.8) is 0 Å². The van der Waals surface area contributed by atoms with E-state index in [4.69, 9.17) is 29.2 Å². The highest BCUT2D eigenvalue weighted by molar-refractivity contribution is 5.94. The molecule has 18 N–H and O–H groups in total. The highest BCUT2D eigenvalue weighted by atomic mass is 16.6. The SMILES string of the molecule is CC(C)[C@H](NC(=O)OC(C)(C)C)C(=O)O.CCC[C@H](NC(=O)[C@@H](NC(=O)CCCC(=O)O)[C@@H](C)CC)C(=O)N[C@H](CN[C@@H](C)C(=O)N[C@H](C(=O)NCC)C(C)C)CC(C)C.CCNC(=O)[C@@H](NC(=O)OC(C)(C)C)C(C)C.CCNC(=O)[C@@H](NC(=O)[C@H](C)NC(=O)OC(C)(C)C)C(C)C.CCNC(=O)[C@@H](NC(=O)[C@H](C)NC[C@H](CC(C)C)NCOC(C)(C)C)C(C)C. The Hall–Kier alpha value is -8.71. The zero-order valence-electron chi connectivity index (χ0n) is 84.3. The zero-order valence-corrected chi connectivity index (χ0v) is 84.3. The van der Waals surface area contributed by atoms with Crippen molar-refractivity contribution in [1.29, 1.82) is 0 Å². The Morgan fingerprint density at radius 1 is 0.323 bits per heavy atom. The lowest BCUT2D eigenvalue weighted by Crippen LogP contribution is -2.58. The summed E-state index contributed by atoms with van der Waals surface area (Å²) in [5, 5.41) is 62.7. The van der Waals surface area contributed by atoms with Gasteiger partial charge >= 0.3 is 30.2 Å². The van der Waals surface area contributed by atoms with E-state index in [9.17, 15) is 71.9 Å². The van der Waals surface area contributed by atoms with E-state index in [0.29, 0.717) is 77.6 Å². The molecule has 37 heteroatoms. The van der Waals surface area contributed by atoms with Crippen molar-refractivity contribution >= 4 is 89.3 Å². The topological polar surface area (TPSA) is 526 Å². The second-order valence-corrected chi connectivity index (χ2v) is 38.3. The molecule has 0 aromatic carbocycles. The fraction of sp³-hybridized carbons (Fsp3) is 0.833. The van der Waals surface area contributed by atoms with Crippen molar-refractivity contribution in [3.8, 4) is 0 Å². The lowest BCUT2D eigenvalue weighted by Gasteiger charge is -2.29. The van der Waals surface area contributed by atoms with Gasteiger partial charge in [-0.25, -0.2) is 19.2 Å². The molecular weight excluding hydrogens is 1640 g/mol. The fourth-order valence-corrected chi connectivity index (χ4v) is 11.3. The van der Waals surface area contributed by atoms with Crippen LogP contribution in [0.1, 0.15) is 301 Å². The molecule has 0 aliphatic heterocycles. The van der Waals surface area contributed by atoms with Crippen molar-refractivity contribution in [3.05, 3.63) is 0 Å². The molecule has 742 valence electrons. The third-order valence-electron chi connectivity index (χ3n) is 18.2. The van der Waals surface area contributed by atoms with E-state index >= 15 is 0 Å². The van der Waals surface area contributed by atoms with Gasteiger partial charge < -0.3 is 109 Å². The number of alkyl carbamates (subject to hydrolysis) is 3. The van der Waals surface area contributed by atoms with Crippen molar-refractivity contribution < 1.29 is 101 Å². The lowest BCUT2D eigenvalue weighted by atomic mass is 9.97. The van der Waals surface area contributed by atoms with E-state index in [1.54, 1.807) is 83.1 Å². The molecule has 0 saturated heterocycles. The Morgan fingerprint density at radius 3 is 0.961 bits per heavy atom. The molecule has 0 saturated carbocycles. The number of carbonyl (C=O) groups is 15. The van der Waals surface area contributed by atoms with E-state index in [0.717, 1.165) is 6.42 Å². The van der Waals surface area contributed by atoms with E-state index < -0.39 is 125 Å². The summed E-state index contributed by atoms with van der Waals surface area (Å²) in [7, 11) is 0. The molecule has 13 atom stereocenters. The Labute approximate surface area is 761 Å². The quantitative estimate of drug-likeness (QED) is 0.0201. The van der Waals surface area contributed by atoms with Crippen molar-refractivity contribution in [1.82, 2.24) is 85.1 Å². The molecule has 0 aliphatic rings. The summed E-state index contributed by atoms with van der Waals surface area (Å²) < 4.78 is 20.9. The molecular formula is C90H176N16O21. The highest BCUT2D eigenvalue weighted by Crippen LogP contribution is 2.17. The third-order valence-corrected chi connectivity index (χ3v) is 18.2. The number of nitrogens with one attached hydrogen (secondary N) is 16. The maximum Gasteiger partial charge on any atom is 0.408 e. The number of hydrogen-bond donors (Lipinski definition) is 18. The predicted molar refractivity (Wildman–Crippen MR) is 496 cm³/mol. The van der Waals surface area contributed by atoms with Gasteiger partial charge in [0.2, 0.25) is 59.1 Å². The summed E-state index contributed by atoms with van der Waals surface area (Å²) >= 11 is 0. The third kappa shape index (κ3) is 65.5. The summed E-state index contributed by atoms with van der Waals surface area (Å²) in [6.07, 6.45) is 1.27. The minimum atomic E-state index is -1.06. The minimum Gasteiger partial charge on any atom is -0.481 e. The largest absolute Gasteiger partial charge is 0.481 e. The van der Waals surface area contributed by atoms with Crippen LogP contribution in [0.4, 0.5) is 14.4 Å². The van der Waals surface area contributed by atoms with E-state index in [1.807, 2.05) is 145 Å². The number of carboxylic acids is 2. The number of amides is 13.